The minimum absolute atomic E-state index is 0.443. The molecular weight excluding hydrogens is 234 g/mol. The molecule has 1 atom stereocenters. The van der Waals surface area contributed by atoms with Crippen molar-refractivity contribution in [1.82, 2.24) is 0 Å². The molecule has 0 heterocycles. The molecule has 0 amide bonds. The van der Waals surface area contributed by atoms with Crippen LogP contribution in [0.3, 0.4) is 0 Å². The first-order chi connectivity index (χ1) is 7.49. The van der Waals surface area contributed by atoms with E-state index in [1.165, 1.54) is 6.92 Å². The van der Waals surface area contributed by atoms with Crippen molar-refractivity contribution in [3.63, 3.8) is 0 Å². The third-order valence-electron chi connectivity index (χ3n) is 1.84. The van der Waals surface area contributed by atoms with Crippen molar-refractivity contribution in [3.05, 3.63) is 45.0 Å². The monoisotopic (exact) mass is 243 g/mol. The van der Waals surface area contributed by atoms with E-state index in [2.05, 4.69) is 0 Å². The van der Waals surface area contributed by atoms with Gasteiger partial charge >= 0.3 is 5.97 Å². The Morgan fingerprint density at radius 3 is 2.81 bits per heavy atom. The zero-order valence-corrected chi connectivity index (χ0v) is 9.31. The summed E-state index contributed by atoms with van der Waals surface area (Å²) in [5.74, 6) is -0.563. The van der Waals surface area contributed by atoms with E-state index in [4.69, 9.17) is 16.3 Å². The molecule has 0 spiro atoms. The van der Waals surface area contributed by atoms with Gasteiger partial charge in [-0.25, -0.2) is 0 Å². The molecule has 1 rings (SSSR count). The van der Waals surface area contributed by atoms with Crippen LogP contribution < -0.4 is 0 Å². The Bertz CT molecular complexity index is 392. The van der Waals surface area contributed by atoms with Crippen LogP contribution in [0.4, 0.5) is 0 Å². The lowest BCUT2D eigenvalue weighted by Crippen LogP contribution is -2.18. The quantitative estimate of drug-likeness (QED) is 0.462. The van der Waals surface area contributed by atoms with Gasteiger partial charge in [-0.05, 0) is 12.1 Å². The Morgan fingerprint density at radius 2 is 2.31 bits per heavy atom. The molecule has 0 saturated carbocycles. The second kappa shape index (κ2) is 5.46. The Balaban J connectivity index is 2.90. The third kappa shape index (κ3) is 3.86. The average Bonchev–Trinajstić information content (AvgIpc) is 2.15. The highest BCUT2D eigenvalue weighted by atomic mass is 35.5. The van der Waals surface area contributed by atoms with Gasteiger partial charge < -0.3 is 4.74 Å². The standard InChI is InChI=1S/C10H10ClNO4/c1-7(13)16-10(6-12(14)15)8-3-2-4-9(11)5-8/h2-5,10H,6H2,1H3/t10-/m1/s1. The fraction of sp³-hybridized carbons (Fsp3) is 0.300. The maximum absolute atomic E-state index is 10.8. The van der Waals surface area contributed by atoms with Crippen molar-refractivity contribution in [1.29, 1.82) is 0 Å². The molecule has 0 aliphatic carbocycles. The summed E-state index contributed by atoms with van der Waals surface area (Å²) in [4.78, 5) is 20.7. The van der Waals surface area contributed by atoms with E-state index in [0.29, 0.717) is 10.6 Å². The molecule has 1 aromatic carbocycles. The molecule has 0 unspecified atom stereocenters. The van der Waals surface area contributed by atoms with Crippen LogP contribution in [0.25, 0.3) is 0 Å². The number of hydrogen-bond donors (Lipinski definition) is 0. The number of esters is 1. The summed E-state index contributed by atoms with van der Waals surface area (Å²) in [7, 11) is 0. The zero-order valence-electron chi connectivity index (χ0n) is 8.55. The van der Waals surface area contributed by atoms with Gasteiger partial charge in [-0.2, -0.15) is 0 Å². The molecule has 1 aromatic rings. The number of nitro groups is 1. The molecule has 0 N–H and O–H groups in total. The van der Waals surface area contributed by atoms with E-state index < -0.39 is 23.5 Å². The van der Waals surface area contributed by atoms with Crippen molar-refractivity contribution in [3.8, 4) is 0 Å². The van der Waals surface area contributed by atoms with E-state index in [-0.39, 0.29) is 0 Å². The number of carbonyl (C=O) groups is 1. The van der Waals surface area contributed by atoms with Gasteiger partial charge in [0.05, 0.1) is 0 Å². The van der Waals surface area contributed by atoms with Gasteiger partial charge in [0, 0.05) is 22.4 Å². The molecule has 0 radical (unpaired) electrons. The van der Waals surface area contributed by atoms with Gasteiger partial charge in [0.2, 0.25) is 6.54 Å². The number of hydrogen-bond acceptors (Lipinski definition) is 4. The molecular formula is C10H10ClNO4. The van der Waals surface area contributed by atoms with Crippen LogP contribution in [0, 0.1) is 10.1 Å². The highest BCUT2D eigenvalue weighted by molar-refractivity contribution is 6.30. The first-order valence-electron chi connectivity index (χ1n) is 4.53. The SMILES string of the molecule is CC(=O)O[C@H](C[N+](=O)[O-])c1cccc(Cl)c1. The number of benzene rings is 1. The van der Waals surface area contributed by atoms with Crippen LogP contribution in [0.5, 0.6) is 0 Å². The van der Waals surface area contributed by atoms with Crippen LogP contribution in [-0.2, 0) is 9.53 Å². The first kappa shape index (κ1) is 12.4. The third-order valence-corrected chi connectivity index (χ3v) is 2.08. The van der Waals surface area contributed by atoms with Crippen molar-refractivity contribution >= 4 is 17.6 Å². The smallest absolute Gasteiger partial charge is 0.303 e. The summed E-state index contributed by atoms with van der Waals surface area (Å²) in [6.07, 6.45) is -0.897. The van der Waals surface area contributed by atoms with Crippen LogP contribution in [0.2, 0.25) is 5.02 Å². The Morgan fingerprint density at radius 1 is 1.62 bits per heavy atom. The molecule has 0 fully saturated rings. The number of rotatable bonds is 4. The van der Waals surface area contributed by atoms with Crippen molar-refractivity contribution in [2.75, 3.05) is 6.54 Å². The topological polar surface area (TPSA) is 69.4 Å². The predicted molar refractivity (Wildman–Crippen MR) is 57.8 cm³/mol. The summed E-state index contributed by atoms with van der Waals surface area (Å²) >= 11 is 5.75. The van der Waals surface area contributed by atoms with Crippen LogP contribution >= 0.6 is 11.6 Å². The molecule has 0 saturated heterocycles. The van der Waals surface area contributed by atoms with Crippen molar-refractivity contribution in [2.24, 2.45) is 0 Å². The fourth-order valence-corrected chi connectivity index (χ4v) is 1.45. The number of halogens is 1. The second-order valence-electron chi connectivity index (χ2n) is 3.17. The van der Waals surface area contributed by atoms with Crippen LogP contribution in [0.1, 0.15) is 18.6 Å². The molecule has 16 heavy (non-hydrogen) atoms. The summed E-state index contributed by atoms with van der Waals surface area (Å²) < 4.78 is 4.86. The van der Waals surface area contributed by atoms with Gasteiger partial charge in [-0.1, -0.05) is 23.7 Å². The van der Waals surface area contributed by atoms with Crippen LogP contribution in [0.15, 0.2) is 24.3 Å². The van der Waals surface area contributed by atoms with Gasteiger partial charge in [-0.3, -0.25) is 14.9 Å². The van der Waals surface area contributed by atoms with Gasteiger partial charge in [0.25, 0.3) is 0 Å². The van der Waals surface area contributed by atoms with Gasteiger partial charge in [-0.15, -0.1) is 0 Å². The molecule has 0 bridgehead atoms. The number of carbonyl (C=O) groups excluding carboxylic acids is 1. The van der Waals surface area contributed by atoms with Gasteiger partial charge in [0.1, 0.15) is 0 Å². The second-order valence-corrected chi connectivity index (χ2v) is 3.60. The Kier molecular flexibility index (Phi) is 4.25. The predicted octanol–water partition coefficient (Wildman–Crippen LogP) is 2.22. The Labute approximate surface area is 97.1 Å². The van der Waals surface area contributed by atoms with Crippen LogP contribution in [-0.4, -0.2) is 17.4 Å². The summed E-state index contributed by atoms with van der Waals surface area (Å²) in [6, 6.07) is 6.46. The molecule has 86 valence electrons. The number of nitrogens with zero attached hydrogens (tertiary/aromatic N) is 1. The maximum Gasteiger partial charge on any atom is 0.303 e. The average molecular weight is 244 g/mol. The largest absolute Gasteiger partial charge is 0.451 e. The molecule has 5 nitrogen and oxygen atoms in total. The van der Waals surface area contributed by atoms with Crippen molar-refractivity contribution < 1.29 is 14.5 Å². The lowest BCUT2D eigenvalue weighted by molar-refractivity contribution is -0.491. The first-order valence-corrected chi connectivity index (χ1v) is 4.91. The lowest BCUT2D eigenvalue weighted by atomic mass is 10.1. The van der Waals surface area contributed by atoms with Crippen molar-refractivity contribution in [2.45, 2.75) is 13.0 Å². The lowest BCUT2D eigenvalue weighted by Gasteiger charge is -2.13. The number of ether oxygens (including phenoxy) is 1. The minimum Gasteiger partial charge on any atom is -0.451 e. The summed E-state index contributed by atoms with van der Waals surface area (Å²) in [5.41, 5.74) is 0.513. The van der Waals surface area contributed by atoms with E-state index in [0.717, 1.165) is 0 Å². The Hall–Kier alpha value is -1.62. The van der Waals surface area contributed by atoms with Gasteiger partial charge in [0.15, 0.2) is 6.10 Å². The highest BCUT2D eigenvalue weighted by Crippen LogP contribution is 2.21. The van der Waals surface area contributed by atoms with E-state index >= 15 is 0 Å². The highest BCUT2D eigenvalue weighted by Gasteiger charge is 2.20. The normalized spacial score (nSPS) is 11.9. The molecule has 0 aliphatic rings. The van der Waals surface area contributed by atoms with E-state index in [1.54, 1.807) is 24.3 Å². The zero-order chi connectivity index (χ0) is 12.1. The molecule has 0 aliphatic heterocycles. The molecule has 0 aromatic heterocycles. The molecule has 6 heteroatoms. The maximum atomic E-state index is 10.8. The summed E-state index contributed by atoms with van der Waals surface area (Å²) in [6.45, 7) is 0.734. The van der Waals surface area contributed by atoms with E-state index in [9.17, 15) is 14.9 Å². The summed E-state index contributed by atoms with van der Waals surface area (Å²) in [5, 5.41) is 10.9. The minimum atomic E-state index is -0.897. The van der Waals surface area contributed by atoms with E-state index in [1.807, 2.05) is 0 Å². The fourth-order valence-electron chi connectivity index (χ4n) is 1.25.